The van der Waals surface area contributed by atoms with Crippen LogP contribution in [-0.2, 0) is 13.6 Å². The number of nitrogens with zero attached hydrogens (tertiary/aromatic N) is 3. The van der Waals surface area contributed by atoms with E-state index < -0.39 is 0 Å². The van der Waals surface area contributed by atoms with Crippen LogP contribution in [0.1, 0.15) is 57.2 Å². The largest absolute Gasteiger partial charge is 0.357 e. The lowest BCUT2D eigenvalue weighted by atomic mass is 9.92. The van der Waals surface area contributed by atoms with Crippen molar-refractivity contribution in [1.82, 2.24) is 15.1 Å². The van der Waals surface area contributed by atoms with Crippen molar-refractivity contribution in [2.24, 2.45) is 13.0 Å². The lowest BCUT2D eigenvalue weighted by Gasteiger charge is -2.34. The maximum Gasteiger partial charge on any atom is 0.131 e. The molecule has 0 aromatic carbocycles. The SMILES string of the molecule is CCCNCc1c(C)nn(C)c1N1CCC(CCC)CC1. The average molecular weight is 292 g/mol. The molecule has 0 radical (unpaired) electrons. The summed E-state index contributed by atoms with van der Waals surface area (Å²) in [4.78, 5) is 2.55. The molecule has 0 aliphatic carbocycles. The highest BCUT2D eigenvalue weighted by Crippen LogP contribution is 2.29. The summed E-state index contributed by atoms with van der Waals surface area (Å²) >= 11 is 0. The molecule has 4 nitrogen and oxygen atoms in total. The van der Waals surface area contributed by atoms with Crippen molar-refractivity contribution in [3.05, 3.63) is 11.3 Å². The van der Waals surface area contributed by atoms with Crippen LogP contribution in [0.2, 0.25) is 0 Å². The van der Waals surface area contributed by atoms with Gasteiger partial charge in [-0.1, -0.05) is 26.7 Å². The molecule has 4 heteroatoms. The molecule has 0 amide bonds. The van der Waals surface area contributed by atoms with Crippen LogP contribution < -0.4 is 10.2 Å². The van der Waals surface area contributed by atoms with E-state index in [0.717, 1.165) is 19.0 Å². The molecular formula is C17H32N4. The minimum absolute atomic E-state index is 0.933. The number of hydrogen-bond acceptors (Lipinski definition) is 3. The fourth-order valence-corrected chi connectivity index (χ4v) is 3.52. The lowest BCUT2D eigenvalue weighted by molar-refractivity contribution is 0.375. The first-order valence-electron chi connectivity index (χ1n) is 8.65. The van der Waals surface area contributed by atoms with Crippen molar-refractivity contribution in [2.45, 2.75) is 59.4 Å². The van der Waals surface area contributed by atoms with Gasteiger partial charge in [-0.3, -0.25) is 4.68 Å². The van der Waals surface area contributed by atoms with Gasteiger partial charge in [0, 0.05) is 32.2 Å². The predicted molar refractivity (Wildman–Crippen MR) is 89.8 cm³/mol. The van der Waals surface area contributed by atoms with Gasteiger partial charge in [0.2, 0.25) is 0 Å². The summed E-state index contributed by atoms with van der Waals surface area (Å²) < 4.78 is 2.08. The van der Waals surface area contributed by atoms with Crippen molar-refractivity contribution in [1.29, 1.82) is 0 Å². The number of rotatable bonds is 7. The molecule has 2 heterocycles. The highest BCUT2D eigenvalue weighted by atomic mass is 15.4. The Morgan fingerprint density at radius 3 is 2.52 bits per heavy atom. The summed E-state index contributed by atoms with van der Waals surface area (Å²) in [5.41, 5.74) is 2.56. The molecule has 0 atom stereocenters. The molecule has 120 valence electrons. The van der Waals surface area contributed by atoms with Gasteiger partial charge >= 0.3 is 0 Å². The molecule has 21 heavy (non-hydrogen) atoms. The zero-order valence-corrected chi connectivity index (χ0v) is 14.3. The molecule has 0 spiro atoms. The van der Waals surface area contributed by atoms with Crippen molar-refractivity contribution in [3.63, 3.8) is 0 Å². The van der Waals surface area contributed by atoms with E-state index in [-0.39, 0.29) is 0 Å². The van der Waals surface area contributed by atoms with Gasteiger partial charge in [0.1, 0.15) is 5.82 Å². The number of aromatic nitrogens is 2. The van der Waals surface area contributed by atoms with Gasteiger partial charge in [-0.25, -0.2) is 0 Å². The molecule has 1 saturated heterocycles. The second-order valence-electron chi connectivity index (χ2n) is 6.41. The standard InChI is InChI=1S/C17H32N4/c1-5-7-15-8-11-21(12-9-15)17-16(13-18-10-6-2)14(3)19-20(17)4/h15,18H,5-13H2,1-4H3. The fraction of sp³-hybridized carbons (Fsp3) is 0.824. The number of anilines is 1. The Bertz CT molecular complexity index is 430. The van der Waals surface area contributed by atoms with Crippen LogP contribution in [0.3, 0.4) is 0 Å². The molecule has 0 unspecified atom stereocenters. The summed E-state index contributed by atoms with van der Waals surface area (Å²) in [5, 5.41) is 8.19. The van der Waals surface area contributed by atoms with E-state index >= 15 is 0 Å². The summed E-state index contributed by atoms with van der Waals surface area (Å²) in [7, 11) is 2.09. The van der Waals surface area contributed by atoms with Crippen LogP contribution in [0, 0.1) is 12.8 Å². The van der Waals surface area contributed by atoms with E-state index in [1.165, 1.54) is 62.3 Å². The van der Waals surface area contributed by atoms with Gasteiger partial charge in [-0.2, -0.15) is 5.10 Å². The summed E-state index contributed by atoms with van der Waals surface area (Å²) in [6, 6.07) is 0. The molecular weight excluding hydrogens is 260 g/mol. The third-order valence-electron chi connectivity index (χ3n) is 4.65. The van der Waals surface area contributed by atoms with E-state index in [0.29, 0.717) is 0 Å². The van der Waals surface area contributed by atoms with Crippen LogP contribution in [0.4, 0.5) is 5.82 Å². The summed E-state index contributed by atoms with van der Waals surface area (Å²) in [6.45, 7) is 11.0. The van der Waals surface area contributed by atoms with Gasteiger partial charge in [0.05, 0.1) is 5.69 Å². The van der Waals surface area contributed by atoms with Gasteiger partial charge < -0.3 is 10.2 Å². The molecule has 0 saturated carbocycles. The summed E-state index contributed by atoms with van der Waals surface area (Å²) in [5.74, 6) is 2.27. The first-order chi connectivity index (χ1) is 10.2. The van der Waals surface area contributed by atoms with E-state index in [4.69, 9.17) is 0 Å². The molecule has 0 bridgehead atoms. The third-order valence-corrected chi connectivity index (χ3v) is 4.65. The lowest BCUT2D eigenvalue weighted by Crippen LogP contribution is -2.35. The third kappa shape index (κ3) is 4.00. The average Bonchev–Trinajstić information content (AvgIpc) is 2.75. The quantitative estimate of drug-likeness (QED) is 0.783. The first kappa shape index (κ1) is 16.3. The highest BCUT2D eigenvalue weighted by Gasteiger charge is 2.24. The Labute approximate surface area is 129 Å². The Morgan fingerprint density at radius 1 is 1.19 bits per heavy atom. The zero-order valence-electron chi connectivity index (χ0n) is 14.3. The van der Waals surface area contributed by atoms with E-state index in [2.05, 4.69) is 47.8 Å². The minimum atomic E-state index is 0.933. The minimum Gasteiger partial charge on any atom is -0.357 e. The first-order valence-corrected chi connectivity index (χ1v) is 8.65. The number of piperidine rings is 1. The van der Waals surface area contributed by atoms with Crippen molar-refractivity contribution >= 4 is 5.82 Å². The molecule has 1 aromatic heterocycles. The molecule has 1 aliphatic heterocycles. The number of nitrogens with one attached hydrogen (secondary N) is 1. The topological polar surface area (TPSA) is 33.1 Å². The fourth-order valence-electron chi connectivity index (χ4n) is 3.52. The molecule has 1 aromatic rings. The van der Waals surface area contributed by atoms with Gasteiger partial charge in [0.25, 0.3) is 0 Å². The van der Waals surface area contributed by atoms with Gasteiger partial charge in [-0.05, 0) is 38.6 Å². The molecule has 1 fully saturated rings. The molecule has 2 rings (SSSR count). The zero-order chi connectivity index (χ0) is 15.2. The molecule has 1 N–H and O–H groups in total. The van der Waals surface area contributed by atoms with Crippen LogP contribution in [0.15, 0.2) is 0 Å². The van der Waals surface area contributed by atoms with Crippen LogP contribution in [0.5, 0.6) is 0 Å². The van der Waals surface area contributed by atoms with Crippen LogP contribution >= 0.6 is 0 Å². The summed E-state index contributed by atoms with van der Waals surface area (Å²) in [6.07, 6.45) is 6.56. The smallest absolute Gasteiger partial charge is 0.131 e. The van der Waals surface area contributed by atoms with Gasteiger partial charge in [0.15, 0.2) is 0 Å². The maximum absolute atomic E-state index is 4.66. The van der Waals surface area contributed by atoms with E-state index in [1.54, 1.807) is 0 Å². The molecule has 1 aliphatic rings. The van der Waals surface area contributed by atoms with Gasteiger partial charge in [-0.15, -0.1) is 0 Å². The Balaban J connectivity index is 2.05. The highest BCUT2D eigenvalue weighted by molar-refractivity contribution is 5.50. The van der Waals surface area contributed by atoms with Crippen molar-refractivity contribution < 1.29 is 0 Å². The second kappa shape index (κ2) is 7.83. The maximum atomic E-state index is 4.66. The number of aryl methyl sites for hydroxylation is 2. The number of hydrogen-bond donors (Lipinski definition) is 1. The second-order valence-corrected chi connectivity index (χ2v) is 6.41. The normalized spacial score (nSPS) is 16.7. The van der Waals surface area contributed by atoms with E-state index in [9.17, 15) is 0 Å². The van der Waals surface area contributed by atoms with Crippen LogP contribution in [0.25, 0.3) is 0 Å². The Morgan fingerprint density at radius 2 is 1.90 bits per heavy atom. The predicted octanol–water partition coefficient (Wildman–Crippen LogP) is 3.24. The monoisotopic (exact) mass is 292 g/mol. The van der Waals surface area contributed by atoms with Crippen LogP contribution in [-0.4, -0.2) is 29.4 Å². The Hall–Kier alpha value is -1.03. The van der Waals surface area contributed by atoms with Crippen molar-refractivity contribution in [2.75, 3.05) is 24.5 Å². The van der Waals surface area contributed by atoms with Crippen molar-refractivity contribution in [3.8, 4) is 0 Å². The Kier molecular flexibility index (Phi) is 6.09. The van der Waals surface area contributed by atoms with E-state index in [1.807, 2.05) is 0 Å².